The van der Waals surface area contributed by atoms with Gasteiger partial charge in [-0.3, -0.25) is 0 Å². The zero-order chi connectivity index (χ0) is 20.2. The Morgan fingerprint density at radius 2 is 1.46 bits per heavy atom. The molecule has 0 spiro atoms. The van der Waals surface area contributed by atoms with Crippen molar-refractivity contribution in [2.75, 3.05) is 14.2 Å². The van der Waals surface area contributed by atoms with Gasteiger partial charge in [0.15, 0.2) is 10.8 Å². The molecule has 6 heteroatoms. The number of nitrogens with two attached hydrogens (primary N) is 1. The summed E-state index contributed by atoms with van der Waals surface area (Å²) >= 11 is 0. The third-order valence-corrected chi connectivity index (χ3v) is 6.58. The normalized spacial score (nSPS) is 32.0. The van der Waals surface area contributed by atoms with E-state index in [9.17, 15) is 10.5 Å². The van der Waals surface area contributed by atoms with Gasteiger partial charge in [-0.05, 0) is 16.7 Å². The van der Waals surface area contributed by atoms with Gasteiger partial charge in [-0.1, -0.05) is 61.5 Å². The first-order valence-corrected chi connectivity index (χ1v) is 8.89. The molecule has 1 heterocycles. The van der Waals surface area contributed by atoms with Crippen molar-refractivity contribution in [2.24, 2.45) is 21.6 Å². The number of nitriles is 2. The van der Waals surface area contributed by atoms with Gasteiger partial charge in [0.05, 0.1) is 12.1 Å². The number of rotatable bonds is 4. The van der Waals surface area contributed by atoms with E-state index in [-0.39, 0.29) is 5.84 Å². The zero-order valence-corrected chi connectivity index (χ0v) is 15.9. The molecule has 1 saturated carbocycles. The van der Waals surface area contributed by atoms with Crippen LogP contribution in [0, 0.1) is 33.5 Å². The van der Waals surface area contributed by atoms with Gasteiger partial charge in [0.25, 0.3) is 5.91 Å². The van der Waals surface area contributed by atoms with Gasteiger partial charge in [-0.25, -0.2) is 4.99 Å². The molecule has 0 amide bonds. The van der Waals surface area contributed by atoms with Crippen molar-refractivity contribution in [3.05, 3.63) is 60.2 Å². The number of aliphatic imine (C=N–C) groups is 1. The predicted octanol–water partition coefficient (Wildman–Crippen LogP) is 2.96. The van der Waals surface area contributed by atoms with Gasteiger partial charge in [0.2, 0.25) is 0 Å². The minimum atomic E-state index is -1.63. The van der Waals surface area contributed by atoms with Crippen LogP contribution in [-0.4, -0.2) is 26.0 Å². The van der Waals surface area contributed by atoms with E-state index in [1.54, 1.807) is 0 Å². The summed E-state index contributed by atoms with van der Waals surface area (Å²) in [5, 5.41) is 20.3. The molecule has 3 atom stereocenters. The van der Waals surface area contributed by atoms with Crippen LogP contribution in [0.2, 0.25) is 0 Å². The molecule has 1 aliphatic carbocycles. The van der Waals surface area contributed by atoms with Crippen LogP contribution >= 0.6 is 0 Å². The predicted molar refractivity (Wildman–Crippen MR) is 104 cm³/mol. The number of methoxy groups -OCH3 is 2. The monoisotopic (exact) mass is 372 g/mol. The SMILES string of the molecule is COC1(OC)N=C(N)[C@@]2(C#N)[C@@](C)(c3ccc(-c4ccccc4)cc3)[C@@]12C#N. The van der Waals surface area contributed by atoms with Crippen LogP contribution in [0.4, 0.5) is 0 Å². The molecule has 28 heavy (non-hydrogen) atoms. The van der Waals surface area contributed by atoms with E-state index in [0.717, 1.165) is 16.7 Å². The molecular weight excluding hydrogens is 352 g/mol. The van der Waals surface area contributed by atoms with Gasteiger partial charge in [-0.2, -0.15) is 10.5 Å². The molecule has 140 valence electrons. The van der Waals surface area contributed by atoms with Crippen LogP contribution < -0.4 is 5.73 Å². The molecular formula is C22H20N4O2. The van der Waals surface area contributed by atoms with Crippen molar-refractivity contribution >= 4 is 5.84 Å². The number of amidine groups is 1. The van der Waals surface area contributed by atoms with Crippen LogP contribution in [0.25, 0.3) is 11.1 Å². The lowest BCUT2D eigenvalue weighted by molar-refractivity contribution is -0.233. The Kier molecular flexibility index (Phi) is 3.67. The second kappa shape index (κ2) is 5.65. The van der Waals surface area contributed by atoms with E-state index in [4.69, 9.17) is 15.2 Å². The van der Waals surface area contributed by atoms with E-state index >= 15 is 0 Å². The molecule has 4 rings (SSSR count). The highest BCUT2D eigenvalue weighted by Gasteiger charge is 2.99. The van der Waals surface area contributed by atoms with Crippen molar-refractivity contribution in [1.82, 2.24) is 0 Å². The molecule has 2 aromatic rings. The van der Waals surface area contributed by atoms with Gasteiger partial charge >= 0.3 is 0 Å². The van der Waals surface area contributed by atoms with E-state index < -0.39 is 22.2 Å². The quantitative estimate of drug-likeness (QED) is 0.831. The summed E-state index contributed by atoms with van der Waals surface area (Å²) in [6, 6.07) is 22.4. The minimum Gasteiger partial charge on any atom is -0.386 e. The molecule has 2 N–H and O–H groups in total. The Balaban J connectivity index is 1.88. The Morgan fingerprint density at radius 3 is 1.96 bits per heavy atom. The number of nitrogens with zero attached hydrogens (tertiary/aromatic N) is 3. The number of hydrogen-bond acceptors (Lipinski definition) is 6. The number of fused-ring (bicyclic) bond motifs is 1. The first-order valence-electron chi connectivity index (χ1n) is 8.89. The lowest BCUT2D eigenvalue weighted by Gasteiger charge is -2.32. The summed E-state index contributed by atoms with van der Waals surface area (Å²) in [5.74, 6) is -1.57. The highest BCUT2D eigenvalue weighted by atomic mass is 16.7. The third-order valence-electron chi connectivity index (χ3n) is 6.58. The average Bonchev–Trinajstić information content (AvgIpc) is 3.17. The Morgan fingerprint density at radius 1 is 0.893 bits per heavy atom. The van der Waals surface area contributed by atoms with Gasteiger partial charge < -0.3 is 15.2 Å². The third kappa shape index (κ3) is 1.62. The molecule has 1 fully saturated rings. The van der Waals surface area contributed by atoms with Crippen LogP contribution in [0.1, 0.15) is 12.5 Å². The van der Waals surface area contributed by atoms with Gasteiger partial charge in [0.1, 0.15) is 5.84 Å². The molecule has 0 radical (unpaired) electrons. The first kappa shape index (κ1) is 18.2. The summed E-state index contributed by atoms with van der Waals surface area (Å²) in [6.45, 7) is 1.85. The molecule has 6 nitrogen and oxygen atoms in total. The van der Waals surface area contributed by atoms with E-state index in [2.05, 4.69) is 17.1 Å². The van der Waals surface area contributed by atoms with Crippen molar-refractivity contribution in [2.45, 2.75) is 18.2 Å². The lowest BCUT2D eigenvalue weighted by atomic mass is 9.84. The summed E-state index contributed by atoms with van der Waals surface area (Å²) in [7, 11) is 2.81. The largest absolute Gasteiger partial charge is 0.386 e. The maximum Gasteiger partial charge on any atom is 0.293 e. The van der Waals surface area contributed by atoms with E-state index in [1.807, 2.05) is 61.5 Å². The maximum absolute atomic E-state index is 10.2. The van der Waals surface area contributed by atoms with Crippen molar-refractivity contribution in [3.63, 3.8) is 0 Å². The van der Waals surface area contributed by atoms with Gasteiger partial charge in [-0.15, -0.1) is 0 Å². The Bertz CT molecular complexity index is 1050. The maximum atomic E-state index is 10.2. The fourth-order valence-electron chi connectivity index (χ4n) is 5.11. The summed E-state index contributed by atoms with van der Waals surface area (Å²) in [5.41, 5.74) is 5.50. The van der Waals surface area contributed by atoms with Crippen LogP contribution in [0.15, 0.2) is 59.6 Å². The van der Waals surface area contributed by atoms with Crippen LogP contribution in [-0.2, 0) is 14.9 Å². The van der Waals surface area contributed by atoms with Crippen molar-refractivity contribution in [3.8, 4) is 23.3 Å². The number of ether oxygens (including phenoxy) is 2. The van der Waals surface area contributed by atoms with Crippen LogP contribution in [0.3, 0.4) is 0 Å². The standard InChI is InChI=1S/C22H20N4O2/c1-19(17-11-9-16(10-12-17)15-7-5-4-6-8-15)20(13-23)18(25)26-22(27-2,28-3)21(19,20)14-24/h4-12H,1-3H3,(H2,25,26)/t19-,20+,21-/m1/s1. The molecule has 1 aliphatic heterocycles. The highest BCUT2D eigenvalue weighted by molar-refractivity contribution is 6.02. The fraction of sp³-hybridized carbons (Fsp3) is 0.318. The van der Waals surface area contributed by atoms with Crippen molar-refractivity contribution < 1.29 is 9.47 Å². The van der Waals surface area contributed by atoms with Crippen LogP contribution in [0.5, 0.6) is 0 Å². The second-order valence-electron chi connectivity index (χ2n) is 7.28. The zero-order valence-electron chi connectivity index (χ0n) is 15.9. The summed E-state index contributed by atoms with van der Waals surface area (Å²) < 4.78 is 11.1. The molecule has 2 aromatic carbocycles. The second-order valence-corrected chi connectivity index (χ2v) is 7.28. The van der Waals surface area contributed by atoms with Crippen molar-refractivity contribution in [1.29, 1.82) is 10.5 Å². The summed E-state index contributed by atoms with van der Waals surface area (Å²) in [4.78, 5) is 4.26. The number of benzene rings is 2. The molecule has 0 bridgehead atoms. The Hall–Kier alpha value is -3.19. The minimum absolute atomic E-state index is 0.0647. The molecule has 0 aromatic heterocycles. The van der Waals surface area contributed by atoms with E-state index in [0.29, 0.717) is 0 Å². The van der Waals surface area contributed by atoms with E-state index in [1.165, 1.54) is 14.2 Å². The number of hydrogen-bond donors (Lipinski definition) is 1. The first-order chi connectivity index (χ1) is 13.4. The summed E-state index contributed by atoms with van der Waals surface area (Å²) in [6.07, 6.45) is 0. The topological polar surface area (TPSA) is 104 Å². The lowest BCUT2D eigenvalue weighted by Crippen LogP contribution is -2.44. The van der Waals surface area contributed by atoms with Gasteiger partial charge in [0, 0.05) is 19.6 Å². The fourth-order valence-corrected chi connectivity index (χ4v) is 5.11. The molecule has 0 saturated heterocycles. The Labute approximate surface area is 163 Å². The smallest absolute Gasteiger partial charge is 0.293 e. The average molecular weight is 372 g/mol. The molecule has 0 unspecified atom stereocenters. The highest BCUT2D eigenvalue weighted by Crippen LogP contribution is 2.85. The molecule has 2 aliphatic rings.